The first-order valence-electron chi connectivity index (χ1n) is 2.75. The monoisotopic (exact) mass is 186 g/mol. The van der Waals surface area contributed by atoms with Crippen molar-refractivity contribution in [3.05, 3.63) is 17.0 Å². The van der Waals surface area contributed by atoms with Gasteiger partial charge in [0.25, 0.3) is 0 Å². The lowest BCUT2D eigenvalue weighted by Crippen LogP contribution is -2.03. The van der Waals surface area contributed by atoms with Gasteiger partial charge in [-0.3, -0.25) is 5.41 Å². The minimum absolute atomic E-state index is 0.0121. The second-order valence-electron chi connectivity index (χ2n) is 1.72. The Morgan fingerprint density at radius 1 is 1.82 bits per heavy atom. The summed E-state index contributed by atoms with van der Waals surface area (Å²) in [6.45, 7) is 0. The van der Waals surface area contributed by atoms with E-state index in [1.54, 1.807) is 6.07 Å². The van der Waals surface area contributed by atoms with Crippen LogP contribution in [0, 0.1) is 10.0 Å². The highest BCUT2D eigenvalue weighted by atomic mass is 32.2. The summed E-state index contributed by atoms with van der Waals surface area (Å²) in [5.74, 6) is 0. The van der Waals surface area contributed by atoms with Crippen molar-refractivity contribution in [3.63, 3.8) is 0 Å². The Morgan fingerprint density at radius 2 is 2.55 bits per heavy atom. The van der Waals surface area contributed by atoms with Crippen molar-refractivity contribution in [1.29, 1.82) is 5.41 Å². The summed E-state index contributed by atoms with van der Waals surface area (Å²) in [6, 6.07) is 1.65. The first kappa shape index (κ1) is 8.22. The van der Waals surface area contributed by atoms with Crippen LogP contribution in [0.4, 0.5) is 0 Å². The number of hydrogen-bond donors (Lipinski definition) is 3. The third-order valence-electron chi connectivity index (χ3n) is 0.868. The van der Waals surface area contributed by atoms with E-state index in [-0.39, 0.29) is 5.17 Å². The number of rotatable bonds is 1. The minimum atomic E-state index is 0.0121. The summed E-state index contributed by atoms with van der Waals surface area (Å²) in [5, 5.41) is 7.61. The molecule has 0 spiro atoms. The Morgan fingerprint density at radius 3 is 3.09 bits per heavy atom. The molecule has 1 aromatic rings. The smallest absolute Gasteiger partial charge is 0.157 e. The van der Waals surface area contributed by atoms with Crippen molar-refractivity contribution >= 4 is 29.1 Å². The van der Waals surface area contributed by atoms with E-state index in [1.807, 2.05) is 0 Å². The Bertz CT molecular complexity index is 318. The molecule has 0 amide bonds. The van der Waals surface area contributed by atoms with Gasteiger partial charge in [-0.05, 0) is 11.8 Å². The fourth-order valence-electron chi connectivity index (χ4n) is 0.519. The SMILES string of the molecule is N=C(N)Sc1cc(=S)[nH]cn1. The highest BCUT2D eigenvalue weighted by molar-refractivity contribution is 8.13. The van der Waals surface area contributed by atoms with Crippen molar-refractivity contribution < 1.29 is 0 Å². The van der Waals surface area contributed by atoms with Gasteiger partial charge in [-0.25, -0.2) is 4.98 Å². The van der Waals surface area contributed by atoms with Gasteiger partial charge < -0.3 is 10.7 Å². The molecule has 1 aromatic heterocycles. The number of nitrogens with zero attached hydrogens (tertiary/aromatic N) is 1. The fourth-order valence-corrected chi connectivity index (χ4v) is 1.27. The van der Waals surface area contributed by atoms with Gasteiger partial charge in [0, 0.05) is 6.07 Å². The van der Waals surface area contributed by atoms with Crippen LogP contribution in [-0.4, -0.2) is 15.1 Å². The average Bonchev–Trinajstić information content (AvgIpc) is 1.85. The maximum Gasteiger partial charge on any atom is 0.157 e. The second-order valence-corrected chi connectivity index (χ2v) is 3.22. The molecule has 4 nitrogen and oxygen atoms in total. The van der Waals surface area contributed by atoms with Crippen molar-refractivity contribution in [2.45, 2.75) is 5.03 Å². The molecule has 11 heavy (non-hydrogen) atoms. The molecule has 0 radical (unpaired) electrons. The number of hydrogen-bond acceptors (Lipinski definition) is 4. The fraction of sp³-hybridized carbons (Fsp3) is 0. The van der Waals surface area contributed by atoms with E-state index in [9.17, 15) is 0 Å². The predicted octanol–water partition coefficient (Wildman–Crippen LogP) is 1.12. The quantitative estimate of drug-likeness (QED) is 0.202. The van der Waals surface area contributed by atoms with Crippen LogP contribution >= 0.6 is 24.0 Å². The van der Waals surface area contributed by atoms with Crippen LogP contribution in [0.15, 0.2) is 17.4 Å². The first-order valence-corrected chi connectivity index (χ1v) is 3.97. The molecule has 1 rings (SSSR count). The lowest BCUT2D eigenvalue weighted by atomic mass is 10.7. The Hall–Kier alpha value is -0.880. The number of aromatic amines is 1. The van der Waals surface area contributed by atoms with Gasteiger partial charge in [-0.15, -0.1) is 0 Å². The first-order chi connectivity index (χ1) is 5.18. The van der Waals surface area contributed by atoms with E-state index >= 15 is 0 Å². The minimum Gasteiger partial charge on any atom is -0.378 e. The summed E-state index contributed by atoms with van der Waals surface area (Å²) >= 11 is 5.91. The summed E-state index contributed by atoms with van der Waals surface area (Å²) in [4.78, 5) is 6.62. The molecule has 0 unspecified atom stereocenters. The third-order valence-corrected chi connectivity index (χ3v) is 1.76. The zero-order valence-electron chi connectivity index (χ0n) is 5.50. The molecule has 0 saturated carbocycles. The summed E-state index contributed by atoms with van der Waals surface area (Å²) in [7, 11) is 0. The normalized spacial score (nSPS) is 9.45. The Labute approximate surface area is 72.7 Å². The predicted molar refractivity (Wildman–Crippen MR) is 47.2 cm³/mol. The topological polar surface area (TPSA) is 78.5 Å². The molecule has 0 aromatic carbocycles. The number of amidine groups is 1. The molecule has 6 heteroatoms. The maximum absolute atomic E-state index is 6.96. The molecule has 0 saturated heterocycles. The Kier molecular flexibility index (Phi) is 2.61. The van der Waals surface area contributed by atoms with Gasteiger partial charge in [0.05, 0.1) is 6.33 Å². The van der Waals surface area contributed by atoms with Crippen LogP contribution in [0.3, 0.4) is 0 Å². The van der Waals surface area contributed by atoms with Crippen LogP contribution in [0.1, 0.15) is 0 Å². The second kappa shape index (κ2) is 3.49. The highest BCUT2D eigenvalue weighted by Crippen LogP contribution is 2.11. The number of nitrogens with two attached hydrogens (primary N) is 1. The molecule has 58 valence electrons. The molecule has 0 atom stereocenters. The van der Waals surface area contributed by atoms with Gasteiger partial charge in [0.15, 0.2) is 5.17 Å². The zero-order chi connectivity index (χ0) is 8.27. The largest absolute Gasteiger partial charge is 0.378 e. The van der Waals surface area contributed by atoms with E-state index in [0.29, 0.717) is 9.67 Å². The van der Waals surface area contributed by atoms with Crippen molar-refractivity contribution in [2.24, 2.45) is 5.73 Å². The molecule has 4 N–H and O–H groups in total. The van der Waals surface area contributed by atoms with Gasteiger partial charge in [-0.1, -0.05) is 12.2 Å². The van der Waals surface area contributed by atoms with Crippen LogP contribution in [0.5, 0.6) is 0 Å². The van der Waals surface area contributed by atoms with Crippen molar-refractivity contribution in [1.82, 2.24) is 9.97 Å². The number of H-pyrrole nitrogens is 1. The van der Waals surface area contributed by atoms with Gasteiger partial charge in [0.2, 0.25) is 0 Å². The van der Waals surface area contributed by atoms with Crippen LogP contribution in [-0.2, 0) is 0 Å². The van der Waals surface area contributed by atoms with E-state index < -0.39 is 0 Å². The standard InChI is InChI=1S/C5H6N4S2/c6-5(7)11-4-1-3(10)8-2-9-4/h1-2H,(H3,6,7)(H,8,9,10). The summed E-state index contributed by atoms with van der Waals surface area (Å²) in [5.41, 5.74) is 5.14. The molecule has 0 bridgehead atoms. The van der Waals surface area contributed by atoms with Gasteiger partial charge in [-0.2, -0.15) is 0 Å². The van der Waals surface area contributed by atoms with Gasteiger partial charge >= 0.3 is 0 Å². The molecule has 0 aliphatic heterocycles. The van der Waals surface area contributed by atoms with E-state index in [1.165, 1.54) is 6.33 Å². The molecular weight excluding hydrogens is 180 g/mol. The summed E-state index contributed by atoms with van der Waals surface area (Å²) in [6.07, 6.45) is 1.48. The van der Waals surface area contributed by atoms with E-state index in [4.69, 9.17) is 23.4 Å². The number of thioether (sulfide) groups is 1. The molecule has 0 fully saturated rings. The molecule has 0 aliphatic rings. The molecule has 0 aliphatic carbocycles. The third kappa shape index (κ3) is 2.69. The average molecular weight is 186 g/mol. The van der Waals surface area contributed by atoms with Gasteiger partial charge in [0.1, 0.15) is 9.67 Å². The lowest BCUT2D eigenvalue weighted by molar-refractivity contribution is 1.04. The van der Waals surface area contributed by atoms with Crippen molar-refractivity contribution in [2.75, 3.05) is 0 Å². The maximum atomic E-state index is 6.96. The Balaban J connectivity index is 2.88. The summed E-state index contributed by atoms with van der Waals surface area (Å²) < 4.78 is 0.587. The number of aromatic nitrogens is 2. The van der Waals surface area contributed by atoms with Crippen LogP contribution < -0.4 is 5.73 Å². The van der Waals surface area contributed by atoms with Crippen molar-refractivity contribution in [3.8, 4) is 0 Å². The molecular formula is C5H6N4S2. The molecule has 1 heterocycles. The van der Waals surface area contributed by atoms with Crippen LogP contribution in [0.2, 0.25) is 0 Å². The zero-order valence-corrected chi connectivity index (χ0v) is 7.13. The van der Waals surface area contributed by atoms with E-state index in [0.717, 1.165) is 11.8 Å². The van der Waals surface area contributed by atoms with E-state index in [2.05, 4.69) is 9.97 Å². The van der Waals surface area contributed by atoms with Crippen LogP contribution in [0.25, 0.3) is 0 Å². The highest BCUT2D eigenvalue weighted by Gasteiger charge is 1.95. The lowest BCUT2D eigenvalue weighted by Gasteiger charge is -1.94. The number of nitrogens with one attached hydrogen (secondary N) is 2.